The van der Waals surface area contributed by atoms with Crippen molar-refractivity contribution < 1.29 is 19.3 Å². The molecule has 2 N–H and O–H groups in total. The van der Waals surface area contributed by atoms with Crippen LogP contribution in [0.3, 0.4) is 0 Å². The van der Waals surface area contributed by atoms with Crippen molar-refractivity contribution >= 4 is 15.9 Å². The number of hydrogen-bond acceptors (Lipinski definition) is 2. The Bertz CT molecular complexity index is 454. The molecule has 1 aromatic carbocycles. The highest BCUT2D eigenvalue weighted by molar-refractivity contribution is 9.10. The van der Waals surface area contributed by atoms with Gasteiger partial charge in [0.1, 0.15) is 31.1 Å². The summed E-state index contributed by atoms with van der Waals surface area (Å²) in [5, 5.41) is 0. The van der Waals surface area contributed by atoms with Crippen LogP contribution in [-0.2, 0) is 6.54 Å². The summed E-state index contributed by atoms with van der Waals surface area (Å²) in [6.07, 6.45) is 1.29. The zero-order chi connectivity index (χ0) is 14.5. The highest BCUT2D eigenvalue weighted by Crippen LogP contribution is 2.32. The lowest BCUT2D eigenvalue weighted by Gasteiger charge is -2.19. The van der Waals surface area contributed by atoms with Gasteiger partial charge in [0, 0.05) is 18.1 Å². The number of halogens is 1. The fraction of sp³-hybridized carbons (Fsp3) is 0.600. The molecule has 1 heterocycles. The summed E-state index contributed by atoms with van der Waals surface area (Å²) in [5.74, 6) is 1.74. The largest absolute Gasteiger partial charge is 0.496 e. The summed E-state index contributed by atoms with van der Waals surface area (Å²) in [4.78, 5) is 3.28. The van der Waals surface area contributed by atoms with Gasteiger partial charge in [-0.05, 0) is 22.0 Å². The first-order valence-corrected chi connectivity index (χ1v) is 7.98. The maximum Gasteiger partial charge on any atom is 0.136 e. The van der Waals surface area contributed by atoms with Crippen molar-refractivity contribution in [3.63, 3.8) is 0 Å². The summed E-state index contributed by atoms with van der Waals surface area (Å²) in [6.45, 7) is 6.00. The molecule has 1 fully saturated rings. The molecule has 20 heavy (non-hydrogen) atoms. The lowest BCUT2D eigenvalue weighted by Crippen LogP contribution is -3.15. The van der Waals surface area contributed by atoms with Gasteiger partial charge < -0.3 is 19.3 Å². The van der Waals surface area contributed by atoms with E-state index in [9.17, 15) is 0 Å². The first-order chi connectivity index (χ1) is 9.63. The number of benzene rings is 1. The molecule has 0 aliphatic carbocycles. The monoisotopic (exact) mass is 344 g/mol. The topological polar surface area (TPSA) is 27.3 Å². The quantitative estimate of drug-likeness (QED) is 0.789. The van der Waals surface area contributed by atoms with Gasteiger partial charge in [0.05, 0.1) is 38.8 Å². The van der Waals surface area contributed by atoms with E-state index in [-0.39, 0.29) is 0 Å². The Morgan fingerprint density at radius 2 is 1.80 bits per heavy atom. The predicted molar refractivity (Wildman–Crippen MR) is 82.9 cm³/mol. The van der Waals surface area contributed by atoms with Crippen LogP contribution in [0.5, 0.6) is 11.5 Å². The third-order valence-electron chi connectivity index (χ3n) is 4.03. The highest BCUT2D eigenvalue weighted by atomic mass is 79.9. The summed E-state index contributed by atoms with van der Waals surface area (Å²) in [7, 11) is 5.69. The Labute approximate surface area is 129 Å². The smallest absolute Gasteiger partial charge is 0.136 e. The van der Waals surface area contributed by atoms with Gasteiger partial charge in [-0.25, -0.2) is 0 Å². The third-order valence-corrected chi connectivity index (χ3v) is 4.65. The van der Waals surface area contributed by atoms with Crippen LogP contribution in [0.2, 0.25) is 0 Å². The fourth-order valence-corrected chi connectivity index (χ4v) is 3.34. The summed E-state index contributed by atoms with van der Waals surface area (Å²) in [5.41, 5.74) is 1.25. The van der Waals surface area contributed by atoms with Crippen molar-refractivity contribution in [3.8, 4) is 11.5 Å². The molecule has 0 saturated carbocycles. The molecule has 0 spiro atoms. The molecule has 1 saturated heterocycles. The second-order valence-electron chi connectivity index (χ2n) is 5.54. The molecule has 0 amide bonds. The first kappa shape index (κ1) is 15.6. The molecule has 2 unspecified atom stereocenters. The number of hydrogen-bond donors (Lipinski definition) is 2. The number of quaternary nitrogens is 2. The van der Waals surface area contributed by atoms with Crippen molar-refractivity contribution in [3.05, 3.63) is 22.2 Å². The Hall–Kier alpha value is -0.780. The second kappa shape index (κ2) is 7.29. The molecular formula is C15H25BrN2O2+2. The zero-order valence-corrected chi connectivity index (χ0v) is 14.2. The molecule has 2 rings (SSSR count). The fourth-order valence-electron chi connectivity index (χ4n) is 2.79. The van der Waals surface area contributed by atoms with E-state index in [2.05, 4.69) is 29.0 Å². The molecule has 5 heteroatoms. The van der Waals surface area contributed by atoms with Crippen LogP contribution in [0.25, 0.3) is 0 Å². The minimum absolute atomic E-state index is 0.820. The van der Waals surface area contributed by atoms with Crippen LogP contribution in [-0.4, -0.2) is 47.4 Å². The van der Waals surface area contributed by atoms with E-state index in [1.54, 1.807) is 24.0 Å². The molecule has 0 bridgehead atoms. The Morgan fingerprint density at radius 1 is 1.05 bits per heavy atom. The van der Waals surface area contributed by atoms with Crippen molar-refractivity contribution in [1.82, 2.24) is 0 Å². The molecule has 112 valence electrons. The van der Waals surface area contributed by atoms with Crippen LogP contribution in [0, 0.1) is 0 Å². The van der Waals surface area contributed by atoms with E-state index in [4.69, 9.17) is 9.47 Å². The average Bonchev–Trinajstić information content (AvgIpc) is 2.64. The van der Waals surface area contributed by atoms with Crippen LogP contribution in [0.1, 0.15) is 12.0 Å². The van der Waals surface area contributed by atoms with E-state index < -0.39 is 0 Å². The molecule has 1 aliphatic heterocycles. The first-order valence-electron chi connectivity index (χ1n) is 7.19. The number of rotatable bonds is 4. The highest BCUT2D eigenvalue weighted by Gasteiger charge is 2.20. The van der Waals surface area contributed by atoms with E-state index >= 15 is 0 Å². The van der Waals surface area contributed by atoms with E-state index in [0.717, 1.165) is 22.5 Å². The van der Waals surface area contributed by atoms with Gasteiger partial charge in [0.2, 0.25) is 0 Å². The van der Waals surface area contributed by atoms with Gasteiger partial charge in [0.15, 0.2) is 0 Å². The number of methoxy groups -OCH3 is 2. The lowest BCUT2D eigenvalue weighted by molar-refractivity contribution is -0.938. The minimum Gasteiger partial charge on any atom is -0.496 e. The number of likely N-dealkylation sites (N-methyl/N-ethyl adjacent to an activating group) is 1. The summed E-state index contributed by atoms with van der Waals surface area (Å²) in [6, 6.07) is 4.10. The molecule has 0 radical (unpaired) electrons. The molecule has 1 aliphatic rings. The van der Waals surface area contributed by atoms with Crippen molar-refractivity contribution in [2.75, 3.05) is 47.4 Å². The van der Waals surface area contributed by atoms with Crippen molar-refractivity contribution in [1.29, 1.82) is 0 Å². The molecule has 2 atom stereocenters. The maximum atomic E-state index is 5.52. The zero-order valence-electron chi connectivity index (χ0n) is 12.6. The van der Waals surface area contributed by atoms with Crippen LogP contribution >= 0.6 is 15.9 Å². The van der Waals surface area contributed by atoms with Crippen LogP contribution < -0.4 is 19.3 Å². The second-order valence-corrected chi connectivity index (χ2v) is 6.39. The van der Waals surface area contributed by atoms with Gasteiger partial charge in [0.25, 0.3) is 0 Å². The molecule has 0 aromatic heterocycles. The summed E-state index contributed by atoms with van der Waals surface area (Å²) >= 11 is 3.57. The third kappa shape index (κ3) is 3.87. The lowest BCUT2D eigenvalue weighted by atomic mass is 10.1. The average molecular weight is 345 g/mol. The molecule has 1 aromatic rings. The Kier molecular flexibility index (Phi) is 5.69. The van der Waals surface area contributed by atoms with Gasteiger partial charge in [-0.2, -0.15) is 0 Å². The van der Waals surface area contributed by atoms with Crippen molar-refractivity contribution in [2.45, 2.75) is 13.0 Å². The maximum absolute atomic E-state index is 5.52. The van der Waals surface area contributed by atoms with E-state index in [1.807, 2.05) is 6.07 Å². The van der Waals surface area contributed by atoms with E-state index in [1.165, 1.54) is 38.2 Å². The number of ether oxygens (including phenoxy) is 2. The summed E-state index contributed by atoms with van der Waals surface area (Å²) < 4.78 is 11.8. The van der Waals surface area contributed by atoms with Crippen molar-refractivity contribution in [2.24, 2.45) is 0 Å². The van der Waals surface area contributed by atoms with Crippen LogP contribution in [0.4, 0.5) is 0 Å². The number of nitrogens with one attached hydrogen (secondary N) is 2. The minimum atomic E-state index is 0.820. The standard InChI is InChI=1S/C15H23BrN2O2/c1-17-5-4-6-18(8-7-17)11-12-9-13(16)15(20-3)10-14(12)19-2/h9-10H,4-8,11H2,1-3H3/p+2. The molecule has 4 nitrogen and oxygen atoms in total. The van der Waals surface area contributed by atoms with Gasteiger partial charge in [-0.3, -0.25) is 0 Å². The predicted octanol–water partition coefficient (Wildman–Crippen LogP) is -0.230. The van der Waals surface area contributed by atoms with Gasteiger partial charge in [-0.1, -0.05) is 0 Å². The normalized spacial score (nSPS) is 23.2. The SMILES string of the molecule is COc1cc(OC)c(C[NH+]2CCC[NH+](C)CC2)cc1Br. The van der Waals surface area contributed by atoms with E-state index in [0.29, 0.717) is 0 Å². The Morgan fingerprint density at radius 3 is 2.50 bits per heavy atom. The van der Waals surface area contributed by atoms with Gasteiger partial charge in [-0.15, -0.1) is 0 Å². The Balaban J connectivity index is 2.13. The van der Waals surface area contributed by atoms with Gasteiger partial charge >= 0.3 is 0 Å². The molecular weight excluding hydrogens is 320 g/mol. The van der Waals surface area contributed by atoms with Crippen LogP contribution in [0.15, 0.2) is 16.6 Å².